The summed E-state index contributed by atoms with van der Waals surface area (Å²) in [5.41, 5.74) is 0.267. The monoisotopic (exact) mass is 969 g/mol. The summed E-state index contributed by atoms with van der Waals surface area (Å²) in [7, 11) is -9.92. The Hall–Kier alpha value is -6.35. The van der Waals surface area contributed by atoms with Crippen molar-refractivity contribution in [3.8, 4) is 0 Å². The quantitative estimate of drug-likeness (QED) is 0.0277. The van der Waals surface area contributed by atoms with Gasteiger partial charge in [-0.15, -0.1) is 0 Å². The fourth-order valence-corrected chi connectivity index (χ4v) is 9.42. The molecule has 23 nitrogen and oxygen atoms in total. The fourth-order valence-electron chi connectivity index (χ4n) is 8.17. The highest BCUT2D eigenvalue weighted by Gasteiger charge is 2.42. The van der Waals surface area contributed by atoms with Crippen LogP contribution in [0.15, 0.2) is 81.1 Å². The molecule has 2 heterocycles. The van der Waals surface area contributed by atoms with Crippen LogP contribution in [-0.2, 0) is 39.2 Å². The van der Waals surface area contributed by atoms with E-state index in [0.717, 1.165) is 18.2 Å². The summed E-state index contributed by atoms with van der Waals surface area (Å²) in [6.45, 7) is 3.50. The average molecular weight is 970 g/mol. The van der Waals surface area contributed by atoms with Crippen molar-refractivity contribution >= 4 is 77.0 Å². The van der Waals surface area contributed by atoms with Gasteiger partial charge in [0.05, 0.1) is 93.0 Å². The number of benzene rings is 3. The first-order valence-electron chi connectivity index (χ1n) is 21.2. The van der Waals surface area contributed by atoms with Crippen molar-refractivity contribution in [2.45, 2.75) is 41.4 Å². The van der Waals surface area contributed by atoms with E-state index in [1.54, 1.807) is 24.3 Å². The number of rotatable bonds is 23. The number of carbonyl (C=O) groups is 2. The van der Waals surface area contributed by atoms with Crippen LogP contribution in [0.25, 0.3) is 10.9 Å². The molecule has 358 valence electrons. The summed E-state index contributed by atoms with van der Waals surface area (Å²) in [4.78, 5) is 48.7. The molecule has 1 aliphatic heterocycles. The number of non-ortho nitro benzene ring substituents is 1. The molecule has 0 bridgehead atoms. The number of ketones is 1. The summed E-state index contributed by atoms with van der Waals surface area (Å²) in [6, 6.07) is 7.59. The number of nitro groups is 2. The number of hydrogen-bond donors (Lipinski definition) is 5. The number of Topliss-reactive ketones (excluding diaryl/α,β-unsaturated/α-hetero) is 1. The van der Waals surface area contributed by atoms with E-state index in [1.165, 1.54) is 12.1 Å². The molecule has 2 unspecified atom stereocenters. The van der Waals surface area contributed by atoms with Crippen LogP contribution in [0, 0.1) is 32.1 Å². The molecule has 2 aliphatic carbocycles. The van der Waals surface area contributed by atoms with Crippen LogP contribution in [0.2, 0.25) is 0 Å². The van der Waals surface area contributed by atoms with Crippen LogP contribution in [0.4, 0.5) is 34.1 Å². The van der Waals surface area contributed by atoms with Gasteiger partial charge in [-0.05, 0) is 56.0 Å². The number of hydrogen-bond acceptors (Lipinski definition) is 18. The highest BCUT2D eigenvalue weighted by Crippen LogP contribution is 2.49. The van der Waals surface area contributed by atoms with Gasteiger partial charge in [-0.25, -0.2) is 0 Å². The average Bonchev–Trinajstić information content (AvgIpc) is 3.74. The summed E-state index contributed by atoms with van der Waals surface area (Å²) in [6.07, 6.45) is 9.36. The van der Waals surface area contributed by atoms with Gasteiger partial charge >= 0.3 is 0 Å². The lowest BCUT2D eigenvalue weighted by Gasteiger charge is -2.35. The van der Waals surface area contributed by atoms with Crippen LogP contribution in [0.1, 0.15) is 47.7 Å². The number of allylic oxidation sites excluding steroid dienone is 4. The van der Waals surface area contributed by atoms with Crippen molar-refractivity contribution in [3.05, 3.63) is 98.3 Å². The number of carbonyl (C=O) groups excluding carboxylic acids is 2. The van der Waals surface area contributed by atoms with E-state index < -0.39 is 57.6 Å². The second-order valence-corrected chi connectivity index (χ2v) is 18.6. The SMILES string of the molecule is O=C1c2c(Nc3ccc(S(=O)(=O)O)cc3S(=O)(=O)O)cc(N3CCC[C@H](C(=O)NCCCOCCOCCOCCCNc4ccc([N+](=O)[O-])cc4[N+](=O)[O-])C3)c3noc(c23)C2C=CC=CC12. The Bertz CT molecular complexity index is 2830. The van der Waals surface area contributed by atoms with Gasteiger partial charge in [-0.2, -0.15) is 16.8 Å². The first kappa shape index (κ1) is 48.6. The number of fused-ring (bicyclic) bond motifs is 2. The van der Waals surface area contributed by atoms with E-state index in [-0.39, 0.29) is 52.2 Å². The molecule has 0 saturated carbocycles. The van der Waals surface area contributed by atoms with E-state index in [4.69, 9.17) is 18.7 Å². The van der Waals surface area contributed by atoms with Crippen molar-refractivity contribution in [2.75, 3.05) is 81.4 Å². The second-order valence-electron chi connectivity index (χ2n) is 15.8. The van der Waals surface area contributed by atoms with Gasteiger partial charge in [0.15, 0.2) is 11.5 Å². The molecule has 1 amide bonds. The van der Waals surface area contributed by atoms with Gasteiger partial charge in [-0.1, -0.05) is 29.5 Å². The Morgan fingerprint density at radius 3 is 2.18 bits per heavy atom. The van der Waals surface area contributed by atoms with E-state index in [2.05, 4.69) is 21.1 Å². The smallest absolute Gasteiger partial charge is 0.299 e. The summed E-state index contributed by atoms with van der Waals surface area (Å²) < 4.78 is 91.0. The molecule has 3 aromatic carbocycles. The van der Waals surface area contributed by atoms with Crippen LogP contribution >= 0.6 is 0 Å². The van der Waals surface area contributed by atoms with Crippen LogP contribution in [-0.4, -0.2) is 118 Å². The van der Waals surface area contributed by atoms with Gasteiger partial charge in [-0.3, -0.25) is 38.9 Å². The molecule has 4 aromatic rings. The number of nitrogens with zero attached hydrogens (tertiary/aromatic N) is 4. The standard InChI is InChI=1S/C42H47N7O16S2/c50-40-29-7-1-2-8-30(29)41-38-37(40)33(45-32-12-10-28(66(56,57)58)23-36(32)67(59,60)61)24-35(39(38)46-65-41)47-15-3-6-26(25-47)42(51)44-14-5-17-63-19-21-64-20-18-62-16-4-13-43-31-11-9-27(48(52)53)22-34(31)49(54)55/h1-2,7-12,22-24,26,29-30,43,45H,3-6,13-21,25H2,(H,44,51)(H,56,57,58)(H,59,60,61)/t26-,29?,30?/m0/s1. The molecule has 67 heavy (non-hydrogen) atoms. The maximum absolute atomic E-state index is 14.2. The highest BCUT2D eigenvalue weighted by molar-refractivity contribution is 7.86. The third kappa shape index (κ3) is 11.4. The molecule has 5 N–H and O–H groups in total. The van der Waals surface area contributed by atoms with Crippen molar-refractivity contribution in [3.63, 3.8) is 0 Å². The highest BCUT2D eigenvalue weighted by atomic mass is 32.2. The van der Waals surface area contributed by atoms with Gasteiger partial charge in [0, 0.05) is 45.5 Å². The number of amides is 1. The fraction of sp³-hybridized carbons (Fsp3) is 0.405. The first-order chi connectivity index (χ1) is 32.0. The van der Waals surface area contributed by atoms with Crippen molar-refractivity contribution in [1.29, 1.82) is 0 Å². The maximum atomic E-state index is 14.2. The van der Waals surface area contributed by atoms with Crippen molar-refractivity contribution < 1.29 is 64.1 Å². The topological polar surface area (TPSA) is 322 Å². The maximum Gasteiger partial charge on any atom is 0.299 e. The summed E-state index contributed by atoms with van der Waals surface area (Å²) >= 11 is 0. The van der Waals surface area contributed by atoms with E-state index >= 15 is 0 Å². The molecule has 1 fully saturated rings. The molecule has 7 rings (SSSR count). The first-order valence-corrected chi connectivity index (χ1v) is 24.0. The van der Waals surface area contributed by atoms with Crippen LogP contribution in [0.3, 0.4) is 0 Å². The molecular formula is C42H47N7O16S2. The largest absolute Gasteiger partial charge is 0.379 e. The molecule has 3 atom stereocenters. The van der Waals surface area contributed by atoms with Gasteiger partial charge < -0.3 is 39.6 Å². The molecule has 3 aliphatic rings. The lowest BCUT2D eigenvalue weighted by atomic mass is 9.74. The predicted molar refractivity (Wildman–Crippen MR) is 240 cm³/mol. The number of nitrogens with one attached hydrogen (secondary N) is 3. The van der Waals surface area contributed by atoms with Crippen molar-refractivity contribution in [2.24, 2.45) is 11.8 Å². The Morgan fingerprint density at radius 1 is 0.836 bits per heavy atom. The Morgan fingerprint density at radius 2 is 1.51 bits per heavy atom. The van der Waals surface area contributed by atoms with Crippen LogP contribution < -0.4 is 20.9 Å². The molecule has 0 spiro atoms. The van der Waals surface area contributed by atoms with Gasteiger partial charge in [0.1, 0.15) is 16.1 Å². The summed E-state index contributed by atoms with van der Waals surface area (Å²) in [5.74, 6) is -1.65. The second kappa shape index (κ2) is 21.1. The molecule has 0 radical (unpaired) electrons. The normalized spacial score (nSPS) is 17.9. The minimum atomic E-state index is -5.07. The van der Waals surface area contributed by atoms with E-state index in [9.17, 15) is 55.8 Å². The summed E-state index contributed by atoms with van der Waals surface area (Å²) in [5, 5.41) is 35.8. The van der Waals surface area contributed by atoms with Gasteiger partial charge in [0.2, 0.25) is 5.91 Å². The van der Waals surface area contributed by atoms with Crippen LogP contribution in [0.5, 0.6) is 0 Å². The predicted octanol–water partition coefficient (Wildman–Crippen LogP) is 5.18. The molecular weight excluding hydrogens is 923 g/mol. The number of ether oxygens (including phenoxy) is 3. The van der Waals surface area contributed by atoms with E-state index in [1.807, 2.05) is 11.0 Å². The third-order valence-corrected chi connectivity index (χ3v) is 13.1. The van der Waals surface area contributed by atoms with E-state index in [0.29, 0.717) is 113 Å². The number of piperidine rings is 1. The minimum absolute atomic E-state index is 0.120. The van der Waals surface area contributed by atoms with Gasteiger partial charge in [0.25, 0.3) is 31.6 Å². The Balaban J connectivity index is 0.884. The Kier molecular flexibility index (Phi) is 15.3. The number of nitro benzene ring substituents is 2. The lowest BCUT2D eigenvalue weighted by molar-refractivity contribution is -0.393. The zero-order chi connectivity index (χ0) is 47.9. The van der Waals surface area contributed by atoms with Crippen molar-refractivity contribution in [1.82, 2.24) is 10.5 Å². The molecule has 25 heteroatoms. The molecule has 1 aromatic heterocycles. The third-order valence-electron chi connectivity index (χ3n) is 11.4. The zero-order valence-electron chi connectivity index (χ0n) is 35.7. The minimum Gasteiger partial charge on any atom is -0.379 e. The number of anilines is 4. The zero-order valence-corrected chi connectivity index (χ0v) is 37.3. The molecule has 1 saturated heterocycles. The lowest BCUT2D eigenvalue weighted by Crippen LogP contribution is -2.43. The Labute approximate surface area is 383 Å². The number of aromatic nitrogens is 1.